The maximum absolute atomic E-state index is 13.6. The van der Waals surface area contributed by atoms with Crippen LogP contribution in [-0.4, -0.2) is 22.4 Å². The number of hydrogen-bond acceptors (Lipinski definition) is 4. The zero-order valence-corrected chi connectivity index (χ0v) is 14.2. The van der Waals surface area contributed by atoms with E-state index in [-0.39, 0.29) is 11.7 Å². The van der Waals surface area contributed by atoms with Crippen LogP contribution in [0.15, 0.2) is 67.1 Å². The number of amides is 1. The zero-order valence-electron chi connectivity index (χ0n) is 14.2. The summed E-state index contributed by atoms with van der Waals surface area (Å²) < 4.78 is 13.6. The van der Waals surface area contributed by atoms with Gasteiger partial charge < -0.3 is 10.6 Å². The first-order valence-electron chi connectivity index (χ1n) is 8.33. The molecule has 132 valence electrons. The predicted molar refractivity (Wildman–Crippen MR) is 98.2 cm³/mol. The number of hydrogen-bond donors (Lipinski definition) is 2. The lowest BCUT2D eigenvalue weighted by atomic mass is 10.1. The van der Waals surface area contributed by atoms with Gasteiger partial charge in [0.25, 0.3) is 5.91 Å². The molecule has 5 nitrogen and oxygen atoms in total. The predicted octanol–water partition coefficient (Wildman–Crippen LogP) is 3.20. The standard InChI is InChI=1S/C20H19FN4O/c21-18-4-2-1-3-16(18)9-12-23-19-6-5-17(14-24-19)20(26)25-13-15-7-10-22-11-8-15/h1-8,10-11,14H,9,12-13H2,(H,23,24)(H,25,26). The molecule has 0 radical (unpaired) electrons. The van der Waals surface area contributed by atoms with E-state index in [1.807, 2.05) is 18.2 Å². The normalized spacial score (nSPS) is 10.3. The average Bonchev–Trinajstić information content (AvgIpc) is 2.69. The molecule has 0 aliphatic carbocycles. The van der Waals surface area contributed by atoms with Crippen molar-refractivity contribution in [3.05, 3.63) is 89.6 Å². The van der Waals surface area contributed by atoms with Crippen molar-refractivity contribution in [1.82, 2.24) is 15.3 Å². The highest BCUT2D eigenvalue weighted by atomic mass is 19.1. The molecule has 3 rings (SSSR count). The van der Waals surface area contributed by atoms with Gasteiger partial charge >= 0.3 is 0 Å². The number of halogens is 1. The summed E-state index contributed by atoms with van der Waals surface area (Å²) in [6, 6.07) is 13.8. The lowest BCUT2D eigenvalue weighted by Crippen LogP contribution is -2.23. The Morgan fingerprint density at radius 2 is 1.85 bits per heavy atom. The van der Waals surface area contributed by atoms with Gasteiger partial charge in [-0.15, -0.1) is 0 Å². The minimum Gasteiger partial charge on any atom is -0.370 e. The van der Waals surface area contributed by atoms with E-state index < -0.39 is 0 Å². The highest BCUT2D eigenvalue weighted by Gasteiger charge is 2.06. The van der Waals surface area contributed by atoms with Crippen LogP contribution in [0.1, 0.15) is 21.5 Å². The van der Waals surface area contributed by atoms with Crippen molar-refractivity contribution >= 4 is 11.7 Å². The maximum Gasteiger partial charge on any atom is 0.253 e. The second kappa shape index (κ2) is 8.71. The molecule has 0 saturated carbocycles. The third kappa shape index (κ3) is 4.86. The van der Waals surface area contributed by atoms with Crippen LogP contribution in [0.5, 0.6) is 0 Å². The minimum absolute atomic E-state index is 0.188. The molecule has 6 heteroatoms. The molecule has 0 saturated heterocycles. The van der Waals surface area contributed by atoms with E-state index in [0.29, 0.717) is 36.5 Å². The lowest BCUT2D eigenvalue weighted by molar-refractivity contribution is 0.0950. The second-order valence-corrected chi connectivity index (χ2v) is 5.74. The van der Waals surface area contributed by atoms with Crippen molar-refractivity contribution in [2.45, 2.75) is 13.0 Å². The van der Waals surface area contributed by atoms with E-state index in [4.69, 9.17) is 0 Å². The van der Waals surface area contributed by atoms with Crippen LogP contribution in [0, 0.1) is 5.82 Å². The molecule has 26 heavy (non-hydrogen) atoms. The van der Waals surface area contributed by atoms with Crippen LogP contribution < -0.4 is 10.6 Å². The van der Waals surface area contributed by atoms with Crippen LogP contribution in [0.25, 0.3) is 0 Å². The third-order valence-corrected chi connectivity index (χ3v) is 3.89. The summed E-state index contributed by atoms with van der Waals surface area (Å²) >= 11 is 0. The van der Waals surface area contributed by atoms with Gasteiger partial charge in [-0.2, -0.15) is 0 Å². The summed E-state index contributed by atoms with van der Waals surface area (Å²) in [6.45, 7) is 0.992. The first kappa shape index (κ1) is 17.5. The van der Waals surface area contributed by atoms with E-state index in [0.717, 1.165) is 5.56 Å². The Kier molecular flexibility index (Phi) is 5.88. The zero-order chi connectivity index (χ0) is 18.2. The van der Waals surface area contributed by atoms with Crippen molar-refractivity contribution < 1.29 is 9.18 Å². The molecular formula is C20H19FN4O. The van der Waals surface area contributed by atoms with Crippen LogP contribution in [-0.2, 0) is 13.0 Å². The summed E-state index contributed by atoms with van der Waals surface area (Å²) in [6.07, 6.45) is 5.45. The molecule has 1 aromatic carbocycles. The summed E-state index contributed by atoms with van der Waals surface area (Å²) in [5.41, 5.74) is 2.12. The van der Waals surface area contributed by atoms with Crippen LogP contribution in [0.2, 0.25) is 0 Å². The monoisotopic (exact) mass is 350 g/mol. The molecule has 1 amide bonds. The Hall–Kier alpha value is -3.28. The van der Waals surface area contributed by atoms with E-state index in [2.05, 4.69) is 20.6 Å². The molecule has 0 spiro atoms. The van der Waals surface area contributed by atoms with Crippen molar-refractivity contribution in [2.75, 3.05) is 11.9 Å². The minimum atomic E-state index is -0.205. The fraction of sp³-hybridized carbons (Fsp3) is 0.150. The van der Waals surface area contributed by atoms with Crippen LogP contribution >= 0.6 is 0 Å². The largest absolute Gasteiger partial charge is 0.370 e. The van der Waals surface area contributed by atoms with Gasteiger partial charge in [0.05, 0.1) is 5.56 Å². The first-order chi connectivity index (χ1) is 12.7. The summed E-state index contributed by atoms with van der Waals surface area (Å²) in [5, 5.41) is 5.96. The Bertz CT molecular complexity index is 853. The molecule has 2 heterocycles. The number of aromatic nitrogens is 2. The van der Waals surface area contributed by atoms with Gasteiger partial charge in [-0.25, -0.2) is 9.37 Å². The smallest absolute Gasteiger partial charge is 0.253 e. The Labute approximate surface area is 151 Å². The van der Waals surface area contributed by atoms with Gasteiger partial charge in [0.15, 0.2) is 0 Å². The van der Waals surface area contributed by atoms with Gasteiger partial charge in [0.2, 0.25) is 0 Å². The van der Waals surface area contributed by atoms with Crippen LogP contribution in [0.3, 0.4) is 0 Å². The van der Waals surface area contributed by atoms with E-state index in [1.54, 1.807) is 36.7 Å². The lowest BCUT2D eigenvalue weighted by Gasteiger charge is -2.08. The Morgan fingerprint density at radius 1 is 1.04 bits per heavy atom. The van der Waals surface area contributed by atoms with Crippen LogP contribution in [0.4, 0.5) is 10.2 Å². The maximum atomic E-state index is 13.6. The Balaban J connectivity index is 1.48. The van der Waals surface area contributed by atoms with Gasteiger partial charge in [-0.1, -0.05) is 18.2 Å². The summed E-state index contributed by atoms with van der Waals surface area (Å²) in [7, 11) is 0. The van der Waals surface area contributed by atoms with Gasteiger partial charge in [-0.3, -0.25) is 9.78 Å². The number of pyridine rings is 2. The topological polar surface area (TPSA) is 66.9 Å². The molecule has 0 unspecified atom stereocenters. The number of benzene rings is 1. The van der Waals surface area contributed by atoms with Gasteiger partial charge in [-0.05, 0) is 47.9 Å². The third-order valence-electron chi connectivity index (χ3n) is 3.89. The molecular weight excluding hydrogens is 331 g/mol. The number of nitrogens with one attached hydrogen (secondary N) is 2. The number of carbonyl (C=O) groups is 1. The Morgan fingerprint density at radius 3 is 2.58 bits per heavy atom. The average molecular weight is 350 g/mol. The first-order valence-corrected chi connectivity index (χ1v) is 8.33. The fourth-order valence-corrected chi connectivity index (χ4v) is 2.44. The number of anilines is 1. The number of nitrogens with zero attached hydrogens (tertiary/aromatic N) is 2. The summed E-state index contributed by atoms with van der Waals surface area (Å²) in [4.78, 5) is 20.3. The van der Waals surface area contributed by atoms with Crippen molar-refractivity contribution in [3.8, 4) is 0 Å². The summed E-state index contributed by atoms with van der Waals surface area (Å²) in [5.74, 6) is 0.253. The van der Waals surface area contributed by atoms with Gasteiger partial charge in [0.1, 0.15) is 11.6 Å². The highest BCUT2D eigenvalue weighted by Crippen LogP contribution is 2.09. The van der Waals surface area contributed by atoms with E-state index in [1.165, 1.54) is 12.3 Å². The van der Waals surface area contributed by atoms with Crippen molar-refractivity contribution in [3.63, 3.8) is 0 Å². The molecule has 0 bridgehead atoms. The van der Waals surface area contributed by atoms with E-state index in [9.17, 15) is 9.18 Å². The fourth-order valence-electron chi connectivity index (χ4n) is 2.44. The van der Waals surface area contributed by atoms with Crippen molar-refractivity contribution in [2.24, 2.45) is 0 Å². The van der Waals surface area contributed by atoms with Crippen molar-refractivity contribution in [1.29, 1.82) is 0 Å². The van der Waals surface area contributed by atoms with E-state index >= 15 is 0 Å². The molecule has 2 N–H and O–H groups in total. The number of carbonyl (C=O) groups excluding carboxylic acids is 1. The molecule has 2 aromatic heterocycles. The highest BCUT2D eigenvalue weighted by molar-refractivity contribution is 5.93. The second-order valence-electron chi connectivity index (χ2n) is 5.74. The SMILES string of the molecule is O=C(NCc1ccncc1)c1ccc(NCCc2ccccc2F)nc1. The molecule has 0 aliphatic rings. The molecule has 3 aromatic rings. The number of rotatable bonds is 7. The molecule has 0 aliphatic heterocycles. The molecule has 0 atom stereocenters. The van der Waals surface area contributed by atoms with Gasteiger partial charge in [0, 0.05) is 31.7 Å². The quantitative estimate of drug-likeness (QED) is 0.687. The molecule has 0 fully saturated rings.